The van der Waals surface area contributed by atoms with Crippen molar-refractivity contribution in [2.24, 2.45) is 11.7 Å². The van der Waals surface area contributed by atoms with Gasteiger partial charge in [0.1, 0.15) is 5.75 Å². The van der Waals surface area contributed by atoms with Crippen molar-refractivity contribution >= 4 is 17.5 Å². The van der Waals surface area contributed by atoms with Gasteiger partial charge in [-0.05, 0) is 50.2 Å². The van der Waals surface area contributed by atoms with Gasteiger partial charge >= 0.3 is 0 Å². The van der Waals surface area contributed by atoms with E-state index in [0.717, 1.165) is 37.4 Å². The van der Waals surface area contributed by atoms with Crippen molar-refractivity contribution in [3.63, 3.8) is 0 Å². The van der Waals surface area contributed by atoms with Gasteiger partial charge in [-0.2, -0.15) is 0 Å². The number of benzene rings is 1. The Balaban J connectivity index is 1.70. The van der Waals surface area contributed by atoms with E-state index in [2.05, 4.69) is 10.2 Å². The monoisotopic (exact) mass is 305 g/mol. The van der Waals surface area contributed by atoms with E-state index >= 15 is 0 Å². The van der Waals surface area contributed by atoms with Gasteiger partial charge in [0.2, 0.25) is 11.8 Å². The minimum Gasteiger partial charge on any atom is -0.497 e. The smallest absolute Gasteiger partial charge is 0.225 e. The van der Waals surface area contributed by atoms with Crippen molar-refractivity contribution in [2.75, 3.05) is 32.1 Å². The molecule has 0 aromatic heterocycles. The minimum absolute atomic E-state index is 0.00984. The van der Waals surface area contributed by atoms with Crippen LogP contribution in [0.3, 0.4) is 0 Å². The summed E-state index contributed by atoms with van der Waals surface area (Å²) in [7, 11) is 1.61. The zero-order valence-corrected chi connectivity index (χ0v) is 12.9. The largest absolute Gasteiger partial charge is 0.497 e. The standard InChI is InChI=1S/C16H23N3O3/c1-22-14-4-2-13(3-5-14)18-15(20)8-11-19-9-6-12(7-10-19)16(17)21/h2-5,12H,6-11H2,1H3,(H2,17,21)(H,18,20). The molecule has 0 bridgehead atoms. The first-order valence-corrected chi connectivity index (χ1v) is 7.54. The molecule has 0 spiro atoms. The number of hydrogen-bond acceptors (Lipinski definition) is 4. The Morgan fingerprint density at radius 3 is 2.45 bits per heavy atom. The molecule has 6 heteroatoms. The Morgan fingerprint density at radius 2 is 1.91 bits per heavy atom. The summed E-state index contributed by atoms with van der Waals surface area (Å²) in [5.74, 6) is 0.527. The van der Waals surface area contributed by atoms with E-state index in [9.17, 15) is 9.59 Å². The number of ether oxygens (including phenoxy) is 1. The van der Waals surface area contributed by atoms with Gasteiger partial charge in [0.25, 0.3) is 0 Å². The number of primary amides is 1. The van der Waals surface area contributed by atoms with E-state index < -0.39 is 0 Å². The third-order valence-corrected chi connectivity index (χ3v) is 4.02. The number of carbonyl (C=O) groups is 2. The van der Waals surface area contributed by atoms with E-state index in [0.29, 0.717) is 13.0 Å². The molecule has 3 N–H and O–H groups in total. The molecule has 6 nitrogen and oxygen atoms in total. The zero-order chi connectivity index (χ0) is 15.9. The Morgan fingerprint density at radius 1 is 1.27 bits per heavy atom. The van der Waals surface area contributed by atoms with Gasteiger partial charge in [-0.25, -0.2) is 0 Å². The summed E-state index contributed by atoms with van der Waals surface area (Å²) in [6, 6.07) is 7.25. The van der Waals surface area contributed by atoms with E-state index in [4.69, 9.17) is 10.5 Å². The molecule has 0 saturated carbocycles. The second kappa shape index (κ2) is 7.79. The average molecular weight is 305 g/mol. The van der Waals surface area contributed by atoms with Crippen LogP contribution in [0.2, 0.25) is 0 Å². The predicted molar refractivity (Wildman–Crippen MR) is 84.6 cm³/mol. The second-order valence-corrected chi connectivity index (χ2v) is 5.54. The SMILES string of the molecule is COc1ccc(NC(=O)CCN2CCC(C(N)=O)CC2)cc1. The number of piperidine rings is 1. The molecule has 0 atom stereocenters. The van der Waals surface area contributed by atoms with Crippen LogP contribution in [0.15, 0.2) is 24.3 Å². The summed E-state index contributed by atoms with van der Waals surface area (Å²) in [5.41, 5.74) is 6.07. The van der Waals surface area contributed by atoms with Gasteiger partial charge in [-0.3, -0.25) is 9.59 Å². The van der Waals surface area contributed by atoms with Gasteiger partial charge in [-0.15, -0.1) is 0 Å². The number of hydrogen-bond donors (Lipinski definition) is 2. The normalized spacial score (nSPS) is 16.2. The minimum atomic E-state index is -0.211. The van der Waals surface area contributed by atoms with Gasteiger partial charge in [0.15, 0.2) is 0 Å². The highest BCUT2D eigenvalue weighted by molar-refractivity contribution is 5.90. The van der Waals surface area contributed by atoms with Crippen LogP contribution >= 0.6 is 0 Å². The molecule has 0 unspecified atom stereocenters. The molecule has 1 aromatic carbocycles. The molecule has 1 aromatic rings. The van der Waals surface area contributed by atoms with Crippen LogP contribution in [-0.4, -0.2) is 43.5 Å². The van der Waals surface area contributed by atoms with Crippen LogP contribution in [0.1, 0.15) is 19.3 Å². The Labute approximate surface area is 130 Å². The summed E-state index contributed by atoms with van der Waals surface area (Å²) in [6.07, 6.45) is 2.01. The molecule has 22 heavy (non-hydrogen) atoms. The van der Waals surface area contributed by atoms with Crippen LogP contribution in [0.25, 0.3) is 0 Å². The van der Waals surface area contributed by atoms with Gasteiger partial charge in [0, 0.05) is 24.6 Å². The summed E-state index contributed by atoms with van der Waals surface area (Å²) in [6.45, 7) is 2.35. The summed E-state index contributed by atoms with van der Waals surface area (Å²) >= 11 is 0. The van der Waals surface area contributed by atoms with Crippen molar-refractivity contribution in [1.82, 2.24) is 4.90 Å². The zero-order valence-electron chi connectivity index (χ0n) is 12.9. The van der Waals surface area contributed by atoms with E-state index in [1.807, 2.05) is 24.3 Å². The number of likely N-dealkylation sites (tertiary alicyclic amines) is 1. The molecule has 2 rings (SSSR count). The van der Waals surface area contributed by atoms with Gasteiger partial charge < -0.3 is 20.7 Å². The first-order chi connectivity index (χ1) is 10.6. The molecule has 1 fully saturated rings. The van der Waals surface area contributed by atoms with E-state index in [-0.39, 0.29) is 17.7 Å². The fourth-order valence-electron chi connectivity index (χ4n) is 2.60. The molecule has 1 aliphatic rings. The molecule has 2 amide bonds. The third-order valence-electron chi connectivity index (χ3n) is 4.02. The maximum atomic E-state index is 11.9. The fourth-order valence-corrected chi connectivity index (χ4v) is 2.60. The lowest BCUT2D eigenvalue weighted by Gasteiger charge is -2.30. The number of nitrogens with zero attached hydrogens (tertiary/aromatic N) is 1. The topological polar surface area (TPSA) is 84.7 Å². The van der Waals surface area contributed by atoms with Gasteiger partial charge in [-0.1, -0.05) is 0 Å². The number of rotatable bonds is 6. The Bertz CT molecular complexity index is 508. The van der Waals surface area contributed by atoms with Gasteiger partial charge in [0.05, 0.1) is 7.11 Å². The number of methoxy groups -OCH3 is 1. The average Bonchev–Trinajstić information content (AvgIpc) is 2.54. The predicted octanol–water partition coefficient (Wildman–Crippen LogP) is 1.22. The van der Waals surface area contributed by atoms with Crippen molar-refractivity contribution in [3.05, 3.63) is 24.3 Å². The molecule has 1 heterocycles. The van der Waals surface area contributed by atoms with Crippen LogP contribution in [0.4, 0.5) is 5.69 Å². The van der Waals surface area contributed by atoms with Crippen molar-refractivity contribution in [2.45, 2.75) is 19.3 Å². The molecule has 0 aliphatic carbocycles. The quantitative estimate of drug-likeness (QED) is 0.827. The molecule has 1 saturated heterocycles. The summed E-state index contributed by atoms with van der Waals surface area (Å²) < 4.78 is 5.07. The maximum Gasteiger partial charge on any atom is 0.225 e. The van der Waals surface area contributed by atoms with E-state index in [1.54, 1.807) is 7.11 Å². The first kappa shape index (κ1) is 16.3. The number of nitrogens with one attached hydrogen (secondary N) is 1. The number of anilines is 1. The first-order valence-electron chi connectivity index (χ1n) is 7.54. The van der Waals surface area contributed by atoms with Crippen LogP contribution < -0.4 is 15.8 Å². The van der Waals surface area contributed by atoms with Crippen molar-refractivity contribution < 1.29 is 14.3 Å². The molecular formula is C16H23N3O3. The number of nitrogens with two attached hydrogens (primary N) is 1. The highest BCUT2D eigenvalue weighted by Gasteiger charge is 2.23. The Hall–Kier alpha value is -2.08. The molecule has 1 aliphatic heterocycles. The highest BCUT2D eigenvalue weighted by atomic mass is 16.5. The van der Waals surface area contributed by atoms with Crippen molar-refractivity contribution in [1.29, 1.82) is 0 Å². The highest BCUT2D eigenvalue weighted by Crippen LogP contribution is 2.17. The molecule has 120 valence electrons. The van der Waals surface area contributed by atoms with E-state index in [1.165, 1.54) is 0 Å². The van der Waals surface area contributed by atoms with Crippen LogP contribution in [0.5, 0.6) is 5.75 Å². The lowest BCUT2D eigenvalue weighted by Crippen LogP contribution is -2.39. The van der Waals surface area contributed by atoms with Crippen LogP contribution in [0, 0.1) is 5.92 Å². The number of carbonyl (C=O) groups excluding carboxylic acids is 2. The summed E-state index contributed by atoms with van der Waals surface area (Å²) in [4.78, 5) is 25.2. The lowest BCUT2D eigenvalue weighted by molar-refractivity contribution is -0.123. The molecule has 0 radical (unpaired) electrons. The maximum absolute atomic E-state index is 11.9. The summed E-state index contributed by atoms with van der Waals surface area (Å²) in [5, 5.41) is 2.86. The molecular weight excluding hydrogens is 282 g/mol. The second-order valence-electron chi connectivity index (χ2n) is 5.54. The van der Waals surface area contributed by atoms with Crippen LogP contribution in [-0.2, 0) is 9.59 Å². The fraction of sp³-hybridized carbons (Fsp3) is 0.500. The Kier molecular flexibility index (Phi) is 5.77. The lowest BCUT2D eigenvalue weighted by atomic mass is 9.96. The third kappa shape index (κ3) is 4.73. The number of amides is 2. The van der Waals surface area contributed by atoms with Crippen molar-refractivity contribution in [3.8, 4) is 5.75 Å².